The largest absolute Gasteiger partial charge is 0.467 e. The molecule has 0 aliphatic carbocycles. The van der Waals surface area contributed by atoms with E-state index < -0.39 is 16.5 Å². The molecule has 2 aliphatic rings. The molecule has 0 spiro atoms. The lowest BCUT2D eigenvalue weighted by atomic mass is 9.85. The van der Waals surface area contributed by atoms with Gasteiger partial charge in [-0.15, -0.1) is 0 Å². The quantitative estimate of drug-likeness (QED) is 0.444. The van der Waals surface area contributed by atoms with Gasteiger partial charge in [-0.3, -0.25) is 19.8 Å². The number of carbonyl (C=O) groups is 2. The maximum absolute atomic E-state index is 13.5. The number of non-ortho nitro benzene ring substituents is 1. The van der Waals surface area contributed by atoms with Crippen LogP contribution < -0.4 is 10.1 Å². The molecule has 2 aromatic carbocycles. The number of carbonyl (C=O) groups excluding carboxylic acids is 2. The molecule has 156 valence electrons. The Bertz CT molecular complexity index is 1010. The molecular formula is C21H21N3O6. The molecule has 4 rings (SSSR count). The maximum Gasteiger partial charge on any atom is 0.325 e. The van der Waals surface area contributed by atoms with Crippen LogP contribution in [0.1, 0.15) is 36.5 Å². The average Bonchev–Trinajstić information content (AvgIpc) is 2.99. The molecule has 1 saturated heterocycles. The average molecular weight is 411 g/mol. The fourth-order valence-corrected chi connectivity index (χ4v) is 4.05. The second kappa shape index (κ2) is 7.75. The fourth-order valence-electron chi connectivity index (χ4n) is 4.05. The molecule has 1 N–H and O–H groups in total. The summed E-state index contributed by atoms with van der Waals surface area (Å²) in [4.78, 5) is 38.2. The van der Waals surface area contributed by atoms with Crippen molar-refractivity contribution in [3.63, 3.8) is 0 Å². The van der Waals surface area contributed by atoms with Gasteiger partial charge in [-0.2, -0.15) is 0 Å². The molecule has 2 aromatic rings. The number of fused-ring (bicyclic) bond motifs is 1. The van der Waals surface area contributed by atoms with Crippen molar-refractivity contribution in [3.05, 3.63) is 69.3 Å². The van der Waals surface area contributed by atoms with Gasteiger partial charge in [0, 0.05) is 23.3 Å². The first-order valence-electron chi connectivity index (χ1n) is 9.66. The lowest BCUT2D eigenvalue weighted by Gasteiger charge is -2.27. The smallest absolute Gasteiger partial charge is 0.325 e. The SMILES string of the molecule is CCC[C@]1(c2ccccc2)NC(=O)N(Cc2cc([N+](=O)[O-])cc3c2OCOC3)C1=O. The predicted molar refractivity (Wildman–Crippen MR) is 105 cm³/mol. The molecule has 0 bridgehead atoms. The zero-order chi connectivity index (χ0) is 21.3. The number of hydrogen-bond donors (Lipinski definition) is 1. The van der Waals surface area contributed by atoms with E-state index in [0.29, 0.717) is 35.3 Å². The summed E-state index contributed by atoms with van der Waals surface area (Å²) in [6.07, 6.45) is 1.12. The Labute approximate surface area is 172 Å². The highest BCUT2D eigenvalue weighted by Crippen LogP contribution is 2.37. The van der Waals surface area contributed by atoms with E-state index in [1.807, 2.05) is 37.3 Å². The molecule has 2 aliphatic heterocycles. The van der Waals surface area contributed by atoms with Crippen molar-refractivity contribution < 1.29 is 24.0 Å². The number of amides is 3. The summed E-state index contributed by atoms with van der Waals surface area (Å²) < 4.78 is 10.8. The Kier molecular flexibility index (Phi) is 5.13. The second-order valence-corrected chi connectivity index (χ2v) is 7.30. The Morgan fingerprint density at radius 2 is 2.00 bits per heavy atom. The van der Waals surface area contributed by atoms with E-state index in [0.717, 1.165) is 4.90 Å². The number of nitrogens with one attached hydrogen (secondary N) is 1. The number of benzene rings is 2. The number of nitro groups is 1. The molecule has 30 heavy (non-hydrogen) atoms. The topological polar surface area (TPSA) is 111 Å². The molecule has 0 saturated carbocycles. The van der Waals surface area contributed by atoms with E-state index in [2.05, 4.69) is 5.32 Å². The van der Waals surface area contributed by atoms with E-state index in [4.69, 9.17) is 9.47 Å². The van der Waals surface area contributed by atoms with Crippen molar-refractivity contribution >= 4 is 17.6 Å². The first kappa shape index (κ1) is 19.8. The van der Waals surface area contributed by atoms with Crippen LogP contribution >= 0.6 is 0 Å². The van der Waals surface area contributed by atoms with Crippen LogP contribution in [0.25, 0.3) is 0 Å². The lowest BCUT2D eigenvalue weighted by Crippen LogP contribution is -2.43. The lowest BCUT2D eigenvalue weighted by molar-refractivity contribution is -0.385. The van der Waals surface area contributed by atoms with E-state index in [-0.39, 0.29) is 31.5 Å². The number of nitro benzene ring substituents is 1. The molecular weight excluding hydrogens is 390 g/mol. The minimum atomic E-state index is -1.15. The summed E-state index contributed by atoms with van der Waals surface area (Å²) in [7, 11) is 0. The summed E-state index contributed by atoms with van der Waals surface area (Å²) in [5.41, 5.74) is 0.315. The molecule has 9 heteroatoms. The zero-order valence-corrected chi connectivity index (χ0v) is 16.4. The van der Waals surface area contributed by atoms with Crippen LogP contribution in [0.5, 0.6) is 5.75 Å². The first-order valence-corrected chi connectivity index (χ1v) is 9.66. The van der Waals surface area contributed by atoms with Gasteiger partial charge in [-0.05, 0) is 12.0 Å². The van der Waals surface area contributed by atoms with Crippen LogP contribution in [0.3, 0.4) is 0 Å². The monoisotopic (exact) mass is 411 g/mol. The Morgan fingerprint density at radius 3 is 2.70 bits per heavy atom. The predicted octanol–water partition coefficient (Wildman–Crippen LogP) is 3.21. The Balaban J connectivity index is 1.72. The van der Waals surface area contributed by atoms with Gasteiger partial charge in [0.25, 0.3) is 11.6 Å². The van der Waals surface area contributed by atoms with Crippen molar-refractivity contribution in [1.29, 1.82) is 0 Å². The van der Waals surface area contributed by atoms with E-state index >= 15 is 0 Å². The molecule has 1 fully saturated rings. The van der Waals surface area contributed by atoms with Crippen LogP contribution in [0.4, 0.5) is 10.5 Å². The molecule has 9 nitrogen and oxygen atoms in total. The Hall–Kier alpha value is -3.46. The normalized spacial score (nSPS) is 20.5. The first-order chi connectivity index (χ1) is 14.5. The van der Waals surface area contributed by atoms with Gasteiger partial charge in [0.2, 0.25) is 0 Å². The summed E-state index contributed by atoms with van der Waals surface area (Å²) in [6, 6.07) is 11.3. The summed E-state index contributed by atoms with van der Waals surface area (Å²) in [6.45, 7) is 1.97. The maximum atomic E-state index is 13.5. The summed E-state index contributed by atoms with van der Waals surface area (Å²) >= 11 is 0. The van der Waals surface area contributed by atoms with Crippen molar-refractivity contribution in [2.75, 3.05) is 6.79 Å². The van der Waals surface area contributed by atoms with Crippen molar-refractivity contribution in [2.45, 2.75) is 38.5 Å². The van der Waals surface area contributed by atoms with Gasteiger partial charge in [0.05, 0.1) is 18.1 Å². The fraction of sp³-hybridized carbons (Fsp3) is 0.333. The third kappa shape index (κ3) is 3.26. The Morgan fingerprint density at radius 1 is 1.23 bits per heavy atom. The molecule has 1 atom stereocenters. The third-order valence-corrected chi connectivity index (χ3v) is 5.38. The second-order valence-electron chi connectivity index (χ2n) is 7.30. The highest BCUT2D eigenvalue weighted by atomic mass is 16.7. The molecule has 2 heterocycles. The van der Waals surface area contributed by atoms with Crippen LogP contribution in [-0.2, 0) is 28.2 Å². The number of hydrogen-bond acceptors (Lipinski definition) is 6. The van der Waals surface area contributed by atoms with Crippen molar-refractivity contribution in [2.24, 2.45) is 0 Å². The number of urea groups is 1. The minimum absolute atomic E-state index is 0.00173. The van der Waals surface area contributed by atoms with E-state index in [9.17, 15) is 19.7 Å². The number of ether oxygens (including phenoxy) is 2. The number of nitrogens with zero attached hydrogens (tertiary/aromatic N) is 2. The molecule has 0 radical (unpaired) electrons. The minimum Gasteiger partial charge on any atom is -0.467 e. The van der Waals surface area contributed by atoms with Gasteiger partial charge in [-0.1, -0.05) is 43.7 Å². The van der Waals surface area contributed by atoms with E-state index in [1.54, 1.807) is 0 Å². The van der Waals surface area contributed by atoms with Gasteiger partial charge in [0.15, 0.2) is 6.79 Å². The van der Waals surface area contributed by atoms with Gasteiger partial charge in [0.1, 0.15) is 11.3 Å². The highest BCUT2D eigenvalue weighted by molar-refractivity contribution is 6.07. The van der Waals surface area contributed by atoms with Gasteiger partial charge < -0.3 is 14.8 Å². The number of imide groups is 1. The molecule has 3 amide bonds. The van der Waals surface area contributed by atoms with Crippen LogP contribution in [0, 0.1) is 10.1 Å². The summed E-state index contributed by atoms with van der Waals surface area (Å²) in [5, 5.41) is 14.2. The van der Waals surface area contributed by atoms with Crippen LogP contribution in [0.15, 0.2) is 42.5 Å². The van der Waals surface area contributed by atoms with Crippen molar-refractivity contribution in [3.8, 4) is 5.75 Å². The van der Waals surface area contributed by atoms with Crippen molar-refractivity contribution in [1.82, 2.24) is 10.2 Å². The van der Waals surface area contributed by atoms with Crippen LogP contribution in [-0.4, -0.2) is 28.6 Å². The van der Waals surface area contributed by atoms with Crippen LogP contribution in [0.2, 0.25) is 0 Å². The third-order valence-electron chi connectivity index (χ3n) is 5.38. The van der Waals surface area contributed by atoms with Gasteiger partial charge >= 0.3 is 6.03 Å². The van der Waals surface area contributed by atoms with E-state index in [1.165, 1.54) is 12.1 Å². The standard InChI is InChI=1S/C21H21N3O6/c1-2-8-21(16-6-4-3-5-7-16)19(25)23(20(26)22-21)11-14-9-17(24(27)28)10-15-12-29-13-30-18(14)15/h3-7,9-10H,2,8,11-13H2,1H3,(H,22,26)/t21-/m1/s1. The zero-order valence-electron chi connectivity index (χ0n) is 16.4. The number of rotatable bonds is 6. The molecule has 0 unspecified atom stereocenters. The summed E-state index contributed by atoms with van der Waals surface area (Å²) in [5.74, 6) is 0.0352. The highest BCUT2D eigenvalue weighted by Gasteiger charge is 2.51. The molecule has 0 aromatic heterocycles. The van der Waals surface area contributed by atoms with Gasteiger partial charge in [-0.25, -0.2) is 4.79 Å².